The summed E-state index contributed by atoms with van der Waals surface area (Å²) in [4.78, 5) is 18.9. The highest BCUT2D eigenvalue weighted by Gasteiger charge is 2.28. The summed E-state index contributed by atoms with van der Waals surface area (Å²) in [6.45, 7) is 4.37. The zero-order valence-electron chi connectivity index (χ0n) is 13.6. The highest BCUT2D eigenvalue weighted by molar-refractivity contribution is 8.13. The Kier molecular flexibility index (Phi) is 5.27. The molecule has 0 saturated carbocycles. The molecule has 0 unspecified atom stereocenters. The molecule has 24 heavy (non-hydrogen) atoms. The van der Waals surface area contributed by atoms with Crippen LogP contribution in [0.15, 0.2) is 34.2 Å². The number of rotatable bonds is 4. The van der Waals surface area contributed by atoms with Gasteiger partial charge in [0, 0.05) is 25.2 Å². The minimum Gasteiger partial charge on any atom is -0.286 e. The fourth-order valence-corrected chi connectivity index (χ4v) is 5.16. The smallest absolute Gasteiger partial charge is 0.259 e. The Labute approximate surface area is 147 Å². The summed E-state index contributed by atoms with van der Waals surface area (Å²) >= 11 is 1.55. The molecule has 2 heterocycles. The number of hydrogen-bond acceptors (Lipinski definition) is 5. The number of nitrogens with zero attached hydrogens (tertiary/aromatic N) is 3. The lowest BCUT2D eigenvalue weighted by molar-refractivity contribution is 0.0860. The molecule has 1 amide bonds. The van der Waals surface area contributed by atoms with Gasteiger partial charge < -0.3 is 0 Å². The molecular weight excluding hydrogens is 346 g/mol. The fraction of sp³-hybridized carbons (Fsp3) is 0.500. The minimum absolute atomic E-state index is 0.127. The Hall–Kier alpha value is -1.38. The Balaban J connectivity index is 1.77. The topological polar surface area (TPSA) is 70.0 Å². The number of thioether (sulfide) groups is 1. The van der Waals surface area contributed by atoms with Crippen molar-refractivity contribution in [1.82, 2.24) is 9.21 Å². The van der Waals surface area contributed by atoms with Gasteiger partial charge >= 0.3 is 0 Å². The zero-order chi connectivity index (χ0) is 17.2. The van der Waals surface area contributed by atoms with Crippen LogP contribution in [0, 0.1) is 0 Å². The molecule has 1 aromatic carbocycles. The lowest BCUT2D eigenvalue weighted by atomic mass is 10.2. The van der Waals surface area contributed by atoms with Crippen LogP contribution in [0.1, 0.15) is 30.1 Å². The number of hydrogen-bond donors (Lipinski definition) is 0. The summed E-state index contributed by atoms with van der Waals surface area (Å²) in [5.41, 5.74) is 0.488. The molecule has 0 aromatic heterocycles. The maximum Gasteiger partial charge on any atom is 0.259 e. The van der Waals surface area contributed by atoms with Crippen LogP contribution in [0.4, 0.5) is 0 Å². The normalized spacial score (nSPS) is 18.9. The molecule has 6 nitrogen and oxygen atoms in total. The molecule has 130 valence electrons. The second-order valence-corrected chi connectivity index (χ2v) is 8.86. The largest absolute Gasteiger partial charge is 0.286 e. The summed E-state index contributed by atoms with van der Waals surface area (Å²) < 4.78 is 26.5. The molecule has 0 atom stereocenters. The summed E-state index contributed by atoms with van der Waals surface area (Å²) in [6, 6.07) is 6.25. The van der Waals surface area contributed by atoms with Crippen LogP contribution in [0.2, 0.25) is 0 Å². The summed E-state index contributed by atoms with van der Waals surface area (Å²) in [5, 5.41) is 0.747. The van der Waals surface area contributed by atoms with E-state index in [-0.39, 0.29) is 10.8 Å². The van der Waals surface area contributed by atoms with E-state index in [4.69, 9.17) is 0 Å². The maximum atomic E-state index is 12.6. The number of aliphatic imine (C=N–C) groups is 1. The van der Waals surface area contributed by atoms with Gasteiger partial charge in [0.05, 0.1) is 11.4 Å². The fourth-order valence-electron chi connectivity index (χ4n) is 2.87. The Morgan fingerprint density at radius 1 is 1.17 bits per heavy atom. The first kappa shape index (κ1) is 17.4. The third-order valence-electron chi connectivity index (χ3n) is 4.12. The van der Waals surface area contributed by atoms with Crippen LogP contribution in [-0.2, 0) is 10.0 Å². The molecular formula is C16H21N3O3S2. The van der Waals surface area contributed by atoms with Gasteiger partial charge in [0.25, 0.3) is 5.91 Å². The van der Waals surface area contributed by atoms with Gasteiger partial charge in [0.15, 0.2) is 5.17 Å². The Morgan fingerprint density at radius 2 is 1.83 bits per heavy atom. The summed E-state index contributed by atoms with van der Waals surface area (Å²) in [5.74, 6) is 0.729. The SMILES string of the molecule is CCSC1=NCCN1C(=O)c1ccc(S(=O)(=O)N2CCCC2)cc1. The van der Waals surface area contributed by atoms with E-state index in [0.717, 1.165) is 23.8 Å². The molecule has 0 N–H and O–H groups in total. The van der Waals surface area contributed by atoms with Crippen molar-refractivity contribution in [3.8, 4) is 0 Å². The zero-order valence-corrected chi connectivity index (χ0v) is 15.3. The van der Waals surface area contributed by atoms with E-state index in [9.17, 15) is 13.2 Å². The highest BCUT2D eigenvalue weighted by Crippen LogP contribution is 2.22. The van der Waals surface area contributed by atoms with E-state index in [1.54, 1.807) is 28.8 Å². The van der Waals surface area contributed by atoms with Gasteiger partial charge in [-0.1, -0.05) is 18.7 Å². The quantitative estimate of drug-likeness (QED) is 0.816. The first-order valence-electron chi connectivity index (χ1n) is 8.13. The number of sulfonamides is 1. The molecule has 8 heteroatoms. The monoisotopic (exact) mass is 367 g/mol. The molecule has 0 bridgehead atoms. The first-order chi connectivity index (χ1) is 11.5. The van der Waals surface area contributed by atoms with E-state index >= 15 is 0 Å². The first-order valence-corrected chi connectivity index (χ1v) is 10.6. The predicted octanol–water partition coefficient (Wildman–Crippen LogP) is 2.04. The van der Waals surface area contributed by atoms with E-state index in [2.05, 4.69) is 4.99 Å². The average molecular weight is 367 g/mol. The van der Waals surface area contributed by atoms with Crippen molar-refractivity contribution in [2.45, 2.75) is 24.7 Å². The molecule has 0 spiro atoms. The number of benzene rings is 1. The van der Waals surface area contributed by atoms with E-state index in [1.165, 1.54) is 16.4 Å². The van der Waals surface area contributed by atoms with Crippen LogP contribution in [0.25, 0.3) is 0 Å². The van der Waals surface area contributed by atoms with Crippen molar-refractivity contribution in [1.29, 1.82) is 0 Å². The summed E-state index contributed by atoms with van der Waals surface area (Å²) in [7, 11) is -3.44. The standard InChI is InChI=1S/C16H21N3O3S2/c1-2-23-16-17-9-12-19(16)15(20)13-5-7-14(8-6-13)24(21,22)18-10-3-4-11-18/h5-8H,2-4,9-12H2,1H3. The van der Waals surface area contributed by atoms with Gasteiger partial charge in [0.2, 0.25) is 10.0 Å². The third-order valence-corrected chi connectivity index (χ3v) is 6.93. The van der Waals surface area contributed by atoms with Crippen LogP contribution >= 0.6 is 11.8 Å². The second kappa shape index (κ2) is 7.25. The van der Waals surface area contributed by atoms with Crippen molar-refractivity contribution >= 4 is 32.9 Å². The number of amidine groups is 1. The van der Waals surface area contributed by atoms with Gasteiger partial charge in [-0.05, 0) is 42.9 Å². The van der Waals surface area contributed by atoms with Gasteiger partial charge in [-0.3, -0.25) is 14.7 Å². The lowest BCUT2D eigenvalue weighted by Gasteiger charge is -2.18. The van der Waals surface area contributed by atoms with Crippen molar-refractivity contribution in [3.63, 3.8) is 0 Å². The van der Waals surface area contributed by atoms with E-state index in [1.807, 2.05) is 6.92 Å². The van der Waals surface area contributed by atoms with E-state index < -0.39 is 10.0 Å². The molecule has 0 aliphatic carbocycles. The summed E-state index contributed by atoms with van der Waals surface area (Å²) in [6.07, 6.45) is 1.81. The van der Waals surface area contributed by atoms with Gasteiger partial charge in [0.1, 0.15) is 0 Å². The molecule has 1 fully saturated rings. The Morgan fingerprint density at radius 3 is 2.46 bits per heavy atom. The molecule has 1 saturated heterocycles. The molecule has 2 aliphatic rings. The van der Waals surface area contributed by atoms with Gasteiger partial charge in [-0.15, -0.1) is 0 Å². The molecule has 2 aliphatic heterocycles. The van der Waals surface area contributed by atoms with Crippen molar-refractivity contribution in [2.75, 3.05) is 31.9 Å². The van der Waals surface area contributed by atoms with Crippen molar-refractivity contribution < 1.29 is 13.2 Å². The minimum atomic E-state index is -3.44. The average Bonchev–Trinajstić information content (AvgIpc) is 3.27. The lowest BCUT2D eigenvalue weighted by Crippen LogP contribution is -2.33. The predicted molar refractivity (Wildman–Crippen MR) is 95.9 cm³/mol. The Bertz CT molecular complexity index is 738. The number of carbonyl (C=O) groups excluding carboxylic acids is 1. The molecule has 1 aromatic rings. The molecule has 0 radical (unpaired) electrons. The van der Waals surface area contributed by atoms with Crippen LogP contribution < -0.4 is 0 Å². The number of amides is 1. The van der Waals surface area contributed by atoms with Crippen molar-refractivity contribution in [3.05, 3.63) is 29.8 Å². The third kappa shape index (κ3) is 3.36. The second-order valence-electron chi connectivity index (χ2n) is 5.69. The van der Waals surface area contributed by atoms with Crippen LogP contribution in [0.5, 0.6) is 0 Å². The van der Waals surface area contributed by atoms with Crippen LogP contribution in [-0.4, -0.2) is 60.6 Å². The van der Waals surface area contributed by atoms with Crippen LogP contribution in [0.3, 0.4) is 0 Å². The number of carbonyl (C=O) groups is 1. The molecule has 3 rings (SSSR count). The van der Waals surface area contributed by atoms with E-state index in [0.29, 0.717) is 31.7 Å². The van der Waals surface area contributed by atoms with Crippen molar-refractivity contribution in [2.24, 2.45) is 4.99 Å². The van der Waals surface area contributed by atoms with Gasteiger partial charge in [-0.2, -0.15) is 4.31 Å². The maximum absolute atomic E-state index is 12.6. The highest BCUT2D eigenvalue weighted by atomic mass is 32.2. The van der Waals surface area contributed by atoms with Gasteiger partial charge in [-0.25, -0.2) is 8.42 Å².